The van der Waals surface area contributed by atoms with Crippen molar-refractivity contribution >= 4 is 17.7 Å². The Balaban J connectivity index is 1.57. The van der Waals surface area contributed by atoms with Gasteiger partial charge in [-0.25, -0.2) is 0 Å². The van der Waals surface area contributed by atoms with Crippen LogP contribution in [0, 0.1) is 5.92 Å². The fraction of sp³-hybridized carbons (Fsp3) is 0.348. The normalized spacial score (nSPS) is 12.0. The molecule has 0 saturated heterocycles. The first kappa shape index (κ1) is 21.9. The van der Waals surface area contributed by atoms with Crippen LogP contribution in [0.1, 0.15) is 37.9 Å². The summed E-state index contributed by atoms with van der Waals surface area (Å²) in [6, 6.07) is 16.0. The van der Waals surface area contributed by atoms with Crippen molar-refractivity contribution < 1.29 is 9.53 Å². The van der Waals surface area contributed by atoms with Crippen LogP contribution in [0.2, 0.25) is 0 Å². The summed E-state index contributed by atoms with van der Waals surface area (Å²) in [4.78, 5) is 12.5. The van der Waals surface area contributed by atoms with Gasteiger partial charge in [0.15, 0.2) is 5.16 Å². The summed E-state index contributed by atoms with van der Waals surface area (Å²) >= 11 is 1.35. The van der Waals surface area contributed by atoms with Gasteiger partial charge < -0.3 is 10.1 Å². The zero-order chi connectivity index (χ0) is 21.5. The third kappa shape index (κ3) is 5.86. The summed E-state index contributed by atoms with van der Waals surface area (Å²) < 4.78 is 7.12. The molecule has 1 atom stereocenters. The quantitative estimate of drug-likeness (QED) is 0.514. The Labute approximate surface area is 182 Å². The molecule has 7 heteroatoms. The molecule has 1 heterocycles. The summed E-state index contributed by atoms with van der Waals surface area (Å²) in [7, 11) is 1.63. The molecule has 1 amide bonds. The minimum absolute atomic E-state index is 0.0426. The molecule has 6 nitrogen and oxygen atoms in total. The Bertz CT molecular complexity index is 969. The second kappa shape index (κ2) is 10.3. The molecule has 1 aromatic heterocycles. The van der Waals surface area contributed by atoms with Crippen LogP contribution >= 0.6 is 11.8 Å². The maximum Gasteiger partial charge on any atom is 0.230 e. The fourth-order valence-corrected chi connectivity index (χ4v) is 3.91. The molecule has 2 aromatic carbocycles. The van der Waals surface area contributed by atoms with E-state index in [4.69, 9.17) is 4.74 Å². The van der Waals surface area contributed by atoms with Gasteiger partial charge in [0.2, 0.25) is 5.91 Å². The summed E-state index contributed by atoms with van der Waals surface area (Å²) in [5.74, 6) is 1.60. The first-order valence-corrected chi connectivity index (χ1v) is 11.0. The van der Waals surface area contributed by atoms with Crippen molar-refractivity contribution in [2.24, 2.45) is 5.92 Å². The Hall–Kier alpha value is -2.80. The van der Waals surface area contributed by atoms with E-state index in [1.54, 1.807) is 13.4 Å². The number of nitrogens with zero attached hydrogens (tertiary/aromatic N) is 3. The van der Waals surface area contributed by atoms with E-state index in [0.717, 1.165) is 23.4 Å². The topological polar surface area (TPSA) is 69.0 Å². The van der Waals surface area contributed by atoms with Crippen molar-refractivity contribution in [2.45, 2.75) is 38.4 Å². The Morgan fingerprint density at radius 2 is 1.93 bits per heavy atom. The van der Waals surface area contributed by atoms with Gasteiger partial charge in [0.1, 0.15) is 12.1 Å². The molecule has 158 valence electrons. The zero-order valence-electron chi connectivity index (χ0n) is 17.8. The molecule has 30 heavy (non-hydrogen) atoms. The number of methoxy groups -OCH3 is 1. The molecule has 0 aliphatic heterocycles. The number of carbonyl (C=O) groups is 1. The molecule has 1 N–H and O–H groups in total. The van der Waals surface area contributed by atoms with Gasteiger partial charge in [-0.3, -0.25) is 9.36 Å². The lowest BCUT2D eigenvalue weighted by Crippen LogP contribution is -2.28. The van der Waals surface area contributed by atoms with Gasteiger partial charge in [0.05, 0.1) is 24.6 Å². The molecule has 0 aliphatic rings. The van der Waals surface area contributed by atoms with Crippen molar-refractivity contribution in [1.29, 1.82) is 0 Å². The minimum atomic E-state index is -0.0533. The number of benzene rings is 2. The predicted molar refractivity (Wildman–Crippen MR) is 120 cm³/mol. The van der Waals surface area contributed by atoms with Crippen LogP contribution in [-0.4, -0.2) is 33.5 Å². The maximum atomic E-state index is 12.5. The van der Waals surface area contributed by atoms with E-state index in [2.05, 4.69) is 53.6 Å². The van der Waals surface area contributed by atoms with E-state index in [1.165, 1.54) is 17.3 Å². The molecule has 3 aromatic rings. The fourth-order valence-electron chi connectivity index (χ4n) is 3.17. The molecule has 0 fully saturated rings. The number of nitrogens with one attached hydrogen (secondary N) is 1. The number of rotatable bonds is 9. The van der Waals surface area contributed by atoms with E-state index < -0.39 is 0 Å². The van der Waals surface area contributed by atoms with Gasteiger partial charge in [-0.1, -0.05) is 55.9 Å². The molecule has 0 bridgehead atoms. The van der Waals surface area contributed by atoms with Crippen LogP contribution in [-0.2, 0) is 11.2 Å². The molecule has 0 spiro atoms. The largest absolute Gasteiger partial charge is 0.497 e. The highest BCUT2D eigenvalue weighted by molar-refractivity contribution is 7.99. The Kier molecular flexibility index (Phi) is 7.52. The number of hydrogen-bond donors (Lipinski definition) is 1. The van der Waals surface area contributed by atoms with Gasteiger partial charge in [-0.05, 0) is 42.5 Å². The van der Waals surface area contributed by atoms with E-state index in [0.29, 0.717) is 11.1 Å². The number of carbonyl (C=O) groups excluding carboxylic acids is 1. The number of ether oxygens (including phenoxy) is 1. The molecule has 0 unspecified atom stereocenters. The molecule has 3 rings (SSSR count). The van der Waals surface area contributed by atoms with Gasteiger partial charge in [-0.2, -0.15) is 0 Å². The van der Waals surface area contributed by atoms with Crippen LogP contribution in [0.4, 0.5) is 0 Å². The Morgan fingerprint density at radius 1 is 1.17 bits per heavy atom. The van der Waals surface area contributed by atoms with Gasteiger partial charge in [0, 0.05) is 6.07 Å². The molecule has 0 aliphatic carbocycles. The summed E-state index contributed by atoms with van der Waals surface area (Å²) in [5.41, 5.74) is 3.30. The standard InChI is InChI=1S/C23H28N4O2S/c1-16(2)12-18-8-10-19(11-9-18)17(3)25-22(28)14-30-23-26-24-15-27(23)20-6-5-7-21(13-20)29-4/h5-11,13,15-17H,12,14H2,1-4H3,(H,25,28)/t17-/m1/s1. The minimum Gasteiger partial charge on any atom is -0.497 e. The number of amides is 1. The summed E-state index contributed by atoms with van der Waals surface area (Å²) in [6.45, 7) is 6.42. The van der Waals surface area contributed by atoms with Crippen LogP contribution in [0.5, 0.6) is 5.75 Å². The van der Waals surface area contributed by atoms with Crippen LogP contribution in [0.3, 0.4) is 0 Å². The van der Waals surface area contributed by atoms with Crippen molar-refractivity contribution in [3.63, 3.8) is 0 Å². The van der Waals surface area contributed by atoms with Crippen molar-refractivity contribution in [3.8, 4) is 11.4 Å². The number of aromatic nitrogens is 3. The molecular weight excluding hydrogens is 396 g/mol. The van der Waals surface area contributed by atoms with Gasteiger partial charge >= 0.3 is 0 Å². The van der Waals surface area contributed by atoms with Crippen molar-refractivity contribution in [1.82, 2.24) is 20.1 Å². The number of thioether (sulfide) groups is 1. The van der Waals surface area contributed by atoms with E-state index in [-0.39, 0.29) is 17.7 Å². The highest BCUT2D eigenvalue weighted by Crippen LogP contribution is 2.23. The van der Waals surface area contributed by atoms with Crippen LogP contribution < -0.4 is 10.1 Å². The third-order valence-corrected chi connectivity index (χ3v) is 5.62. The second-order valence-electron chi connectivity index (χ2n) is 7.60. The monoisotopic (exact) mass is 424 g/mol. The predicted octanol–water partition coefficient (Wildman–Crippen LogP) is 4.44. The highest BCUT2D eigenvalue weighted by atomic mass is 32.2. The average Bonchev–Trinajstić information content (AvgIpc) is 3.21. The molecule has 0 saturated carbocycles. The molecule has 0 radical (unpaired) electrons. The van der Waals surface area contributed by atoms with Crippen LogP contribution in [0.15, 0.2) is 60.0 Å². The zero-order valence-corrected chi connectivity index (χ0v) is 18.6. The van der Waals surface area contributed by atoms with Gasteiger partial charge in [0.25, 0.3) is 0 Å². The van der Waals surface area contributed by atoms with E-state index in [9.17, 15) is 4.79 Å². The summed E-state index contributed by atoms with van der Waals surface area (Å²) in [6.07, 6.45) is 2.70. The third-order valence-electron chi connectivity index (χ3n) is 4.68. The lowest BCUT2D eigenvalue weighted by molar-refractivity contribution is -0.119. The number of hydrogen-bond acceptors (Lipinski definition) is 5. The Morgan fingerprint density at radius 3 is 2.63 bits per heavy atom. The first-order valence-electron chi connectivity index (χ1n) is 10.0. The van der Waals surface area contributed by atoms with E-state index in [1.807, 2.05) is 35.8 Å². The SMILES string of the molecule is COc1cccc(-n2cnnc2SCC(=O)N[C@H](C)c2ccc(CC(C)C)cc2)c1. The first-order chi connectivity index (χ1) is 14.5. The maximum absolute atomic E-state index is 12.5. The van der Waals surface area contributed by atoms with E-state index >= 15 is 0 Å². The smallest absolute Gasteiger partial charge is 0.230 e. The lowest BCUT2D eigenvalue weighted by Gasteiger charge is -2.15. The van der Waals surface area contributed by atoms with Crippen molar-refractivity contribution in [2.75, 3.05) is 12.9 Å². The second-order valence-corrected chi connectivity index (χ2v) is 8.54. The highest BCUT2D eigenvalue weighted by Gasteiger charge is 2.13. The molecular formula is C23H28N4O2S. The average molecular weight is 425 g/mol. The lowest BCUT2D eigenvalue weighted by atomic mass is 10.00. The summed E-state index contributed by atoms with van der Waals surface area (Å²) in [5, 5.41) is 11.9. The van der Waals surface area contributed by atoms with Crippen molar-refractivity contribution in [3.05, 3.63) is 66.0 Å². The van der Waals surface area contributed by atoms with Crippen LogP contribution in [0.25, 0.3) is 5.69 Å². The van der Waals surface area contributed by atoms with Gasteiger partial charge in [-0.15, -0.1) is 10.2 Å².